The van der Waals surface area contributed by atoms with Crippen LogP contribution >= 0.6 is 0 Å². The number of hydrogen-bond donors (Lipinski definition) is 2. The first-order valence-corrected chi connectivity index (χ1v) is 9.28. The number of amidine groups is 1. The van der Waals surface area contributed by atoms with E-state index in [4.69, 9.17) is 4.65 Å². The van der Waals surface area contributed by atoms with Crippen LogP contribution < -0.4 is 5.32 Å². The molecule has 0 saturated carbocycles. The van der Waals surface area contributed by atoms with E-state index >= 15 is 0 Å². The highest BCUT2D eigenvalue weighted by Crippen LogP contribution is 2.26. The van der Waals surface area contributed by atoms with Gasteiger partial charge in [0.25, 0.3) is 13.4 Å². The zero-order valence-electron chi connectivity index (χ0n) is 17.3. The quantitative estimate of drug-likeness (QED) is 0.211. The predicted molar refractivity (Wildman–Crippen MR) is 107 cm³/mol. The van der Waals surface area contributed by atoms with Crippen molar-refractivity contribution in [2.45, 2.75) is 70.5 Å². The molecule has 1 atom stereocenters. The van der Waals surface area contributed by atoms with Crippen LogP contribution in [0.25, 0.3) is 0 Å². The normalized spacial score (nSPS) is 21.4. The molecule has 1 aliphatic rings. The van der Waals surface area contributed by atoms with Crippen LogP contribution in [0, 0.1) is 0 Å². The van der Waals surface area contributed by atoms with Gasteiger partial charge in [0, 0.05) is 26.2 Å². The second kappa shape index (κ2) is 9.80. The van der Waals surface area contributed by atoms with Crippen LogP contribution in [0.4, 0.5) is 8.78 Å². The Bertz CT molecular complexity index is 558. The number of hydrogen-bond acceptors (Lipinski definition) is 4. The molecule has 1 fully saturated rings. The van der Waals surface area contributed by atoms with Crippen molar-refractivity contribution < 1.29 is 18.5 Å². The number of likely N-dealkylation sites (N-methyl/N-ethyl adjacent to an activating group) is 1. The molecule has 27 heavy (non-hydrogen) atoms. The van der Waals surface area contributed by atoms with Crippen LogP contribution in [0.3, 0.4) is 0 Å². The molecule has 0 amide bonds. The molecule has 1 rings (SSSR count). The minimum atomic E-state index is -2.70. The molecule has 0 bridgehead atoms. The Balaban J connectivity index is 2.52. The zero-order valence-corrected chi connectivity index (χ0v) is 17.3. The number of alkyl halides is 2. The molecule has 2 N–H and O–H groups in total. The van der Waals surface area contributed by atoms with Crippen LogP contribution in [0.2, 0.25) is 6.32 Å². The number of halogens is 2. The maximum Gasteiger partial charge on any atom is 0.297 e. The summed E-state index contributed by atoms with van der Waals surface area (Å²) in [5.41, 5.74) is -1.65. The summed E-state index contributed by atoms with van der Waals surface area (Å²) in [6, 6.07) is -0.461. The zero-order chi connectivity index (χ0) is 20.7. The van der Waals surface area contributed by atoms with Crippen LogP contribution in [-0.2, 0) is 4.65 Å². The lowest BCUT2D eigenvalue weighted by Crippen LogP contribution is -2.47. The summed E-state index contributed by atoms with van der Waals surface area (Å²) in [5, 5.41) is 12.9. The van der Waals surface area contributed by atoms with Gasteiger partial charge in [-0.3, -0.25) is 0 Å². The summed E-state index contributed by atoms with van der Waals surface area (Å²) < 4.78 is 32.7. The third-order valence-corrected chi connectivity index (χ3v) is 4.80. The van der Waals surface area contributed by atoms with Gasteiger partial charge in [-0.05, 0) is 40.9 Å². The maximum absolute atomic E-state index is 13.5. The molecule has 0 aliphatic carbocycles. The van der Waals surface area contributed by atoms with Gasteiger partial charge >= 0.3 is 0 Å². The van der Waals surface area contributed by atoms with Gasteiger partial charge in [0.05, 0.1) is 23.8 Å². The number of nitrogens with one attached hydrogen (secondary N) is 1. The lowest BCUT2D eigenvalue weighted by atomic mass is 9.85. The summed E-state index contributed by atoms with van der Waals surface area (Å²) in [6.07, 6.45) is 7.59. The van der Waals surface area contributed by atoms with Crippen molar-refractivity contribution in [1.29, 1.82) is 0 Å². The molecular weight excluding hydrogens is 351 g/mol. The second-order valence-corrected chi connectivity index (χ2v) is 7.90. The Morgan fingerprint density at radius 1 is 1.37 bits per heavy atom. The Hall–Kier alpha value is -1.25. The monoisotopic (exact) mass is 384 g/mol. The van der Waals surface area contributed by atoms with E-state index in [0.29, 0.717) is 18.7 Å². The minimum absolute atomic E-state index is 0.245. The molecule has 5 nitrogen and oxygen atoms in total. The van der Waals surface area contributed by atoms with E-state index in [2.05, 4.69) is 10.3 Å². The van der Waals surface area contributed by atoms with Crippen molar-refractivity contribution in [1.82, 2.24) is 10.2 Å². The van der Waals surface area contributed by atoms with Gasteiger partial charge in [-0.1, -0.05) is 18.2 Å². The average molecular weight is 384 g/mol. The third-order valence-electron chi connectivity index (χ3n) is 4.80. The van der Waals surface area contributed by atoms with Gasteiger partial charge in [0.15, 0.2) is 0 Å². The van der Waals surface area contributed by atoms with E-state index in [9.17, 15) is 13.9 Å². The first-order chi connectivity index (χ1) is 12.4. The summed E-state index contributed by atoms with van der Waals surface area (Å²) in [5.74, 6) is -2.10. The van der Waals surface area contributed by atoms with E-state index in [1.54, 1.807) is 33.6 Å². The number of nitrogens with zero attached hydrogens (tertiary/aromatic N) is 2. The van der Waals surface area contributed by atoms with E-state index < -0.39 is 23.2 Å². The lowest BCUT2D eigenvalue weighted by Gasteiger charge is -2.37. The molecule has 1 aliphatic heterocycles. The number of aliphatic hydroxyl groups is 1. The van der Waals surface area contributed by atoms with Crippen molar-refractivity contribution in [2.75, 3.05) is 20.1 Å². The Morgan fingerprint density at radius 2 is 2.04 bits per heavy atom. The van der Waals surface area contributed by atoms with Crippen molar-refractivity contribution in [3.05, 3.63) is 24.4 Å². The molecule has 1 radical (unpaired) electrons. The van der Waals surface area contributed by atoms with Crippen LogP contribution in [-0.4, -0.2) is 66.6 Å². The van der Waals surface area contributed by atoms with Crippen molar-refractivity contribution >= 4 is 13.3 Å². The molecular formula is C19H33BF2N3O2. The first-order valence-electron chi connectivity index (χ1n) is 9.28. The molecule has 8 heteroatoms. The number of aliphatic imine (C=N–C) groups is 1. The van der Waals surface area contributed by atoms with Gasteiger partial charge in [0.2, 0.25) is 0 Å². The van der Waals surface area contributed by atoms with Crippen LogP contribution in [0.5, 0.6) is 0 Å². The molecule has 153 valence electrons. The minimum Gasteiger partial charge on any atom is -0.433 e. The van der Waals surface area contributed by atoms with E-state index in [1.165, 1.54) is 0 Å². The van der Waals surface area contributed by atoms with E-state index in [1.807, 2.05) is 44.9 Å². The second-order valence-electron chi connectivity index (χ2n) is 7.90. The van der Waals surface area contributed by atoms with Gasteiger partial charge in [0.1, 0.15) is 5.84 Å². The van der Waals surface area contributed by atoms with Gasteiger partial charge in [-0.15, -0.1) is 0 Å². The standard InChI is InChI=1S/C19H33BF2N3O2/c1-7-11-23-16(15-13-19(21,22)14-24-15)25(6)12-9-8-10-20-27-18(4,5)17(2,3)26/h7-9,11,15,24,26H,10,12-14H2,1-6H3. The summed E-state index contributed by atoms with van der Waals surface area (Å²) in [6.45, 7) is 9.13. The summed E-state index contributed by atoms with van der Waals surface area (Å²) in [7, 11) is 3.49. The summed E-state index contributed by atoms with van der Waals surface area (Å²) in [4.78, 5) is 6.19. The molecule has 1 saturated heterocycles. The Kier molecular flexibility index (Phi) is 8.64. The van der Waals surface area contributed by atoms with Crippen molar-refractivity contribution in [3.63, 3.8) is 0 Å². The van der Waals surface area contributed by atoms with Crippen molar-refractivity contribution in [2.24, 2.45) is 4.99 Å². The first kappa shape index (κ1) is 23.8. The highest BCUT2D eigenvalue weighted by Gasteiger charge is 2.42. The molecule has 0 spiro atoms. The smallest absolute Gasteiger partial charge is 0.297 e. The van der Waals surface area contributed by atoms with Crippen LogP contribution in [0.15, 0.2) is 29.4 Å². The Morgan fingerprint density at radius 3 is 2.56 bits per heavy atom. The molecule has 0 aromatic heterocycles. The van der Waals surface area contributed by atoms with Gasteiger partial charge < -0.3 is 20.0 Å². The van der Waals surface area contributed by atoms with Gasteiger partial charge in [-0.25, -0.2) is 13.8 Å². The molecule has 0 aromatic carbocycles. The maximum atomic E-state index is 13.5. The lowest BCUT2D eigenvalue weighted by molar-refractivity contribution is -0.0901. The number of allylic oxidation sites excluding steroid dienone is 2. The molecule has 0 aromatic rings. The highest BCUT2D eigenvalue weighted by atomic mass is 19.3. The average Bonchev–Trinajstić information content (AvgIpc) is 2.89. The third kappa shape index (κ3) is 7.72. The fourth-order valence-corrected chi connectivity index (χ4v) is 2.38. The largest absolute Gasteiger partial charge is 0.433 e. The fourth-order valence-electron chi connectivity index (χ4n) is 2.38. The van der Waals surface area contributed by atoms with E-state index in [0.717, 1.165) is 0 Å². The number of rotatable bonds is 9. The summed E-state index contributed by atoms with van der Waals surface area (Å²) >= 11 is 0. The highest BCUT2D eigenvalue weighted by molar-refractivity contribution is 6.28. The Labute approximate surface area is 162 Å². The fraction of sp³-hybridized carbons (Fsp3) is 0.737. The topological polar surface area (TPSA) is 57.1 Å². The SMILES string of the molecule is CC=CN=C(C1CC(F)(F)CN1)N(C)CC=CC[B]OC(C)(C)C(C)(C)O. The van der Waals surface area contributed by atoms with Crippen LogP contribution in [0.1, 0.15) is 41.0 Å². The van der Waals surface area contributed by atoms with Crippen molar-refractivity contribution in [3.8, 4) is 0 Å². The van der Waals surface area contributed by atoms with Gasteiger partial charge in [-0.2, -0.15) is 0 Å². The molecule has 1 heterocycles. The molecule has 1 unspecified atom stereocenters. The van der Waals surface area contributed by atoms with E-state index in [-0.39, 0.29) is 13.0 Å². The predicted octanol–water partition coefficient (Wildman–Crippen LogP) is 3.01.